The molecule has 0 aromatic carbocycles. The Morgan fingerprint density at radius 3 is 1.85 bits per heavy atom. The van der Waals surface area contributed by atoms with Gasteiger partial charge in [-0.15, -0.1) is 0 Å². The summed E-state index contributed by atoms with van der Waals surface area (Å²) in [4.78, 5) is 0. The van der Waals surface area contributed by atoms with Gasteiger partial charge in [0.15, 0.2) is 0 Å². The van der Waals surface area contributed by atoms with Crippen molar-refractivity contribution >= 4 is 0 Å². The summed E-state index contributed by atoms with van der Waals surface area (Å²) in [5.41, 5.74) is 0. The predicted molar refractivity (Wildman–Crippen MR) is 55.4 cm³/mol. The maximum absolute atomic E-state index is 2.42. The lowest BCUT2D eigenvalue weighted by molar-refractivity contribution is 0.0302. The summed E-state index contributed by atoms with van der Waals surface area (Å²) in [7, 11) is 0. The molecule has 0 radical (unpaired) electrons. The molecule has 0 heterocycles. The molecule has 3 fully saturated rings. The monoisotopic (exact) mass is 178 g/mol. The van der Waals surface area contributed by atoms with Gasteiger partial charge in [0.2, 0.25) is 0 Å². The first-order chi connectivity index (χ1) is 6.27. The van der Waals surface area contributed by atoms with Crippen molar-refractivity contribution in [3.8, 4) is 0 Å². The largest absolute Gasteiger partial charge is 0.0625 e. The van der Waals surface area contributed by atoms with Crippen LogP contribution in [0.15, 0.2) is 0 Å². The van der Waals surface area contributed by atoms with E-state index in [9.17, 15) is 0 Å². The van der Waals surface area contributed by atoms with Crippen LogP contribution >= 0.6 is 0 Å². The van der Waals surface area contributed by atoms with E-state index in [-0.39, 0.29) is 0 Å². The zero-order chi connectivity index (χ0) is 9.00. The van der Waals surface area contributed by atoms with Crippen molar-refractivity contribution in [1.82, 2.24) is 0 Å². The van der Waals surface area contributed by atoms with Crippen LogP contribution in [0.25, 0.3) is 0 Å². The molecule has 0 aliphatic heterocycles. The van der Waals surface area contributed by atoms with Gasteiger partial charge in [-0.2, -0.15) is 0 Å². The van der Waals surface area contributed by atoms with Crippen molar-refractivity contribution in [2.45, 2.75) is 46.0 Å². The summed E-state index contributed by atoms with van der Waals surface area (Å²) in [5.74, 6) is 6.77. The van der Waals surface area contributed by atoms with Gasteiger partial charge in [-0.1, -0.05) is 20.3 Å². The van der Waals surface area contributed by atoms with E-state index in [1.807, 2.05) is 0 Å². The van der Waals surface area contributed by atoms with E-state index < -0.39 is 0 Å². The molecule has 3 rings (SSSR count). The van der Waals surface area contributed by atoms with Crippen LogP contribution in [0.4, 0.5) is 0 Å². The average molecular weight is 178 g/mol. The zero-order valence-electron chi connectivity index (χ0n) is 9.00. The van der Waals surface area contributed by atoms with Crippen molar-refractivity contribution < 1.29 is 0 Å². The van der Waals surface area contributed by atoms with Crippen molar-refractivity contribution in [3.63, 3.8) is 0 Å². The molecule has 3 aliphatic carbocycles. The highest BCUT2D eigenvalue weighted by Crippen LogP contribution is 2.63. The standard InChI is InChI=1S/C13H22/c1-8(2)9-6-12-10-4-3-5-11(10)13(12)7-9/h8-13H,3-7H2,1-2H3. The Morgan fingerprint density at radius 2 is 1.38 bits per heavy atom. The molecule has 0 nitrogen and oxygen atoms in total. The molecule has 4 atom stereocenters. The average Bonchev–Trinajstić information content (AvgIpc) is 2.59. The number of hydrogen-bond acceptors (Lipinski definition) is 0. The second kappa shape index (κ2) is 2.74. The topological polar surface area (TPSA) is 0 Å². The summed E-state index contributed by atoms with van der Waals surface area (Å²) < 4.78 is 0. The summed E-state index contributed by atoms with van der Waals surface area (Å²) >= 11 is 0. The molecule has 0 aromatic heterocycles. The maximum atomic E-state index is 2.42. The summed E-state index contributed by atoms with van der Waals surface area (Å²) in [5, 5.41) is 0. The number of rotatable bonds is 1. The highest BCUT2D eigenvalue weighted by molar-refractivity contribution is 5.05. The van der Waals surface area contributed by atoms with Crippen molar-refractivity contribution in [1.29, 1.82) is 0 Å². The van der Waals surface area contributed by atoms with Crippen molar-refractivity contribution in [2.75, 3.05) is 0 Å². The van der Waals surface area contributed by atoms with E-state index in [0.717, 1.165) is 11.8 Å². The van der Waals surface area contributed by atoms with Crippen molar-refractivity contribution in [3.05, 3.63) is 0 Å². The Kier molecular flexibility index (Phi) is 1.76. The Bertz CT molecular complexity index is 188. The van der Waals surface area contributed by atoms with Gasteiger partial charge in [0.25, 0.3) is 0 Å². The smallest absolute Gasteiger partial charge is 0.0349 e. The van der Waals surface area contributed by atoms with Crippen LogP contribution < -0.4 is 0 Å². The first-order valence-electron chi connectivity index (χ1n) is 6.27. The molecular weight excluding hydrogens is 156 g/mol. The quantitative estimate of drug-likeness (QED) is 0.574. The van der Waals surface area contributed by atoms with Gasteiger partial charge in [-0.25, -0.2) is 0 Å². The molecule has 0 spiro atoms. The van der Waals surface area contributed by atoms with Gasteiger partial charge in [0.05, 0.1) is 0 Å². The lowest BCUT2D eigenvalue weighted by Crippen LogP contribution is -2.39. The van der Waals surface area contributed by atoms with E-state index in [4.69, 9.17) is 0 Å². The molecule has 0 saturated heterocycles. The zero-order valence-corrected chi connectivity index (χ0v) is 9.00. The molecule has 0 aromatic rings. The lowest BCUT2D eigenvalue weighted by Gasteiger charge is -2.45. The summed E-state index contributed by atoms with van der Waals surface area (Å²) in [6.45, 7) is 4.84. The van der Waals surface area contributed by atoms with E-state index in [1.54, 1.807) is 32.1 Å². The first-order valence-corrected chi connectivity index (χ1v) is 6.27. The molecule has 0 amide bonds. The Hall–Kier alpha value is 0. The predicted octanol–water partition coefficient (Wildman–Crippen LogP) is 3.71. The highest BCUT2D eigenvalue weighted by Gasteiger charge is 2.56. The summed E-state index contributed by atoms with van der Waals surface area (Å²) in [6, 6.07) is 0. The van der Waals surface area contributed by atoms with Crippen LogP contribution in [-0.4, -0.2) is 0 Å². The summed E-state index contributed by atoms with van der Waals surface area (Å²) in [6.07, 6.45) is 7.88. The second-order valence-corrected chi connectivity index (χ2v) is 6.06. The van der Waals surface area contributed by atoms with E-state index in [0.29, 0.717) is 0 Å². The Labute approximate surface area is 82.1 Å². The van der Waals surface area contributed by atoms with Crippen LogP contribution in [0.1, 0.15) is 46.0 Å². The third-order valence-electron chi connectivity index (χ3n) is 5.37. The normalized spacial score (nSPS) is 53.3. The highest BCUT2D eigenvalue weighted by atomic mass is 14.6. The van der Waals surface area contributed by atoms with Crippen LogP contribution in [0.5, 0.6) is 0 Å². The third-order valence-corrected chi connectivity index (χ3v) is 5.37. The minimum absolute atomic E-state index is 0.950. The van der Waals surface area contributed by atoms with E-state index in [2.05, 4.69) is 13.8 Å². The number of hydrogen-bond donors (Lipinski definition) is 0. The third kappa shape index (κ3) is 1.04. The van der Waals surface area contributed by atoms with Crippen molar-refractivity contribution in [2.24, 2.45) is 35.5 Å². The van der Waals surface area contributed by atoms with Crippen LogP contribution in [0.3, 0.4) is 0 Å². The fourth-order valence-corrected chi connectivity index (χ4v) is 4.61. The molecular formula is C13H22. The fourth-order valence-electron chi connectivity index (χ4n) is 4.61. The molecule has 4 unspecified atom stereocenters. The lowest BCUT2D eigenvalue weighted by atomic mass is 9.60. The van der Waals surface area contributed by atoms with Gasteiger partial charge >= 0.3 is 0 Å². The van der Waals surface area contributed by atoms with Gasteiger partial charge < -0.3 is 0 Å². The maximum Gasteiger partial charge on any atom is -0.0349 e. The van der Waals surface area contributed by atoms with Gasteiger partial charge in [0, 0.05) is 0 Å². The van der Waals surface area contributed by atoms with Crippen LogP contribution in [-0.2, 0) is 0 Å². The fraction of sp³-hybridized carbons (Fsp3) is 1.00. The molecule has 74 valence electrons. The second-order valence-electron chi connectivity index (χ2n) is 6.06. The van der Waals surface area contributed by atoms with Gasteiger partial charge in [0.1, 0.15) is 0 Å². The molecule has 3 aliphatic rings. The molecule has 0 N–H and O–H groups in total. The minimum Gasteiger partial charge on any atom is -0.0625 e. The molecule has 0 heteroatoms. The minimum atomic E-state index is 0.950. The SMILES string of the molecule is CC(C)C1CC2C3CCCC3C2C1. The first kappa shape index (κ1) is 8.32. The number of fused-ring (bicyclic) bond motifs is 4. The van der Waals surface area contributed by atoms with Gasteiger partial charge in [-0.3, -0.25) is 0 Å². The molecule has 0 bridgehead atoms. The van der Waals surface area contributed by atoms with Crippen LogP contribution in [0.2, 0.25) is 0 Å². The van der Waals surface area contributed by atoms with Gasteiger partial charge in [-0.05, 0) is 61.2 Å². The van der Waals surface area contributed by atoms with Crippen LogP contribution in [0, 0.1) is 35.5 Å². The molecule has 13 heavy (non-hydrogen) atoms. The van der Waals surface area contributed by atoms with E-state index in [1.165, 1.54) is 23.7 Å². The Morgan fingerprint density at radius 1 is 0.846 bits per heavy atom. The molecule has 3 saturated carbocycles. The Balaban J connectivity index is 1.70. The van der Waals surface area contributed by atoms with E-state index >= 15 is 0 Å².